The fourth-order valence-electron chi connectivity index (χ4n) is 3.19. The summed E-state index contributed by atoms with van der Waals surface area (Å²) in [6.07, 6.45) is 3.95. The fourth-order valence-corrected chi connectivity index (χ4v) is 5.20. The van der Waals surface area contributed by atoms with Crippen molar-refractivity contribution in [3.63, 3.8) is 0 Å². The Hall–Kier alpha value is -2.41. The third-order valence-electron chi connectivity index (χ3n) is 5.07. The van der Waals surface area contributed by atoms with Gasteiger partial charge in [0.1, 0.15) is 0 Å². The summed E-state index contributed by atoms with van der Waals surface area (Å²) in [5.74, 6) is 0.742. The summed E-state index contributed by atoms with van der Waals surface area (Å²) in [6, 6.07) is 15.8. The van der Waals surface area contributed by atoms with Crippen molar-refractivity contribution in [2.45, 2.75) is 31.7 Å². The Bertz CT molecular complexity index is 1190. The van der Waals surface area contributed by atoms with Gasteiger partial charge in [0, 0.05) is 34.5 Å². The van der Waals surface area contributed by atoms with Crippen molar-refractivity contribution in [1.82, 2.24) is 9.97 Å². The Morgan fingerprint density at radius 1 is 1.13 bits per heavy atom. The summed E-state index contributed by atoms with van der Waals surface area (Å²) in [4.78, 5) is 25.2. The molecule has 0 fully saturated rings. The van der Waals surface area contributed by atoms with Crippen LogP contribution in [0.1, 0.15) is 23.1 Å². The van der Waals surface area contributed by atoms with Crippen molar-refractivity contribution in [1.29, 1.82) is 0 Å². The average molecular weight is 468 g/mol. The number of aromatic nitrogens is 2. The highest BCUT2D eigenvalue weighted by atomic mass is 35.5. The van der Waals surface area contributed by atoms with E-state index in [1.807, 2.05) is 36.4 Å². The molecule has 158 valence electrons. The molecule has 0 N–H and O–H groups in total. The number of carbonyl (C=O) groups is 1. The van der Waals surface area contributed by atoms with Crippen LogP contribution in [0, 0.1) is 13.8 Å². The first kappa shape index (κ1) is 21.8. The minimum Gasteiger partial charge on any atom is -0.284 e. The van der Waals surface area contributed by atoms with E-state index in [-0.39, 0.29) is 5.91 Å². The van der Waals surface area contributed by atoms with Crippen LogP contribution in [0.3, 0.4) is 0 Å². The molecular formula is C24H22ClN3OS2. The van der Waals surface area contributed by atoms with Crippen molar-refractivity contribution in [3.05, 3.63) is 82.6 Å². The maximum Gasteiger partial charge on any atom is 0.229 e. The predicted octanol–water partition coefficient (Wildman–Crippen LogP) is 6.68. The number of thioether (sulfide) groups is 1. The van der Waals surface area contributed by atoms with Crippen LogP contribution in [0.5, 0.6) is 0 Å². The zero-order chi connectivity index (χ0) is 21.8. The third-order valence-corrected chi connectivity index (χ3v) is 7.38. The number of pyridine rings is 1. The Labute approximate surface area is 195 Å². The van der Waals surface area contributed by atoms with Gasteiger partial charge >= 0.3 is 0 Å². The van der Waals surface area contributed by atoms with Gasteiger partial charge in [0.2, 0.25) is 5.91 Å². The van der Waals surface area contributed by atoms with Crippen LogP contribution in [0.15, 0.2) is 65.8 Å². The molecule has 31 heavy (non-hydrogen) atoms. The van der Waals surface area contributed by atoms with Gasteiger partial charge in [-0.3, -0.25) is 14.7 Å². The molecule has 0 saturated heterocycles. The number of amides is 1. The van der Waals surface area contributed by atoms with Gasteiger partial charge in [0.15, 0.2) is 5.13 Å². The highest BCUT2D eigenvalue weighted by Crippen LogP contribution is 2.33. The first-order valence-electron chi connectivity index (χ1n) is 9.95. The minimum atomic E-state index is 0.0544. The lowest BCUT2D eigenvalue weighted by atomic mass is 10.1. The number of thiazole rings is 1. The molecule has 0 aliphatic rings. The molecule has 0 aliphatic carbocycles. The molecule has 0 atom stereocenters. The number of hydrogen-bond donors (Lipinski definition) is 0. The lowest BCUT2D eigenvalue weighted by Crippen LogP contribution is -2.30. The third kappa shape index (κ3) is 5.26. The lowest BCUT2D eigenvalue weighted by molar-refractivity contribution is -0.118. The summed E-state index contributed by atoms with van der Waals surface area (Å²) in [5, 5.41) is 1.44. The molecule has 2 aromatic heterocycles. The normalized spacial score (nSPS) is 11.1. The van der Waals surface area contributed by atoms with Crippen LogP contribution in [-0.4, -0.2) is 21.6 Å². The number of aryl methyl sites for hydroxylation is 2. The highest BCUT2D eigenvalue weighted by molar-refractivity contribution is 7.99. The van der Waals surface area contributed by atoms with Crippen molar-refractivity contribution in [2.24, 2.45) is 0 Å². The number of carbonyl (C=O) groups excluding carboxylic acids is 1. The number of fused-ring (bicyclic) bond motifs is 1. The average Bonchev–Trinajstić information content (AvgIpc) is 3.21. The van der Waals surface area contributed by atoms with E-state index in [9.17, 15) is 4.79 Å². The summed E-state index contributed by atoms with van der Waals surface area (Å²) in [7, 11) is 0. The molecular weight excluding hydrogens is 446 g/mol. The molecule has 7 heteroatoms. The quantitative estimate of drug-likeness (QED) is 0.284. The van der Waals surface area contributed by atoms with E-state index in [2.05, 4.69) is 31.0 Å². The van der Waals surface area contributed by atoms with Crippen LogP contribution >= 0.6 is 34.7 Å². The van der Waals surface area contributed by atoms with E-state index in [1.54, 1.807) is 40.4 Å². The van der Waals surface area contributed by atoms with E-state index in [0.29, 0.717) is 23.7 Å². The van der Waals surface area contributed by atoms with Gasteiger partial charge in [0.05, 0.1) is 16.8 Å². The highest BCUT2D eigenvalue weighted by Gasteiger charge is 2.21. The molecule has 0 radical (unpaired) electrons. The molecule has 0 unspecified atom stereocenters. The number of benzene rings is 2. The number of hydrogen-bond acceptors (Lipinski definition) is 5. The Morgan fingerprint density at radius 2 is 1.94 bits per heavy atom. The van der Waals surface area contributed by atoms with E-state index >= 15 is 0 Å². The standard InChI is InChI=1S/C24H22ClN3OS2/c1-16-5-10-21-23(17(16)2)27-24(31-21)28(15-18-4-3-12-26-14-18)22(29)11-13-30-20-8-6-19(25)7-9-20/h3-10,12,14H,11,13,15H2,1-2H3. The molecule has 0 spiro atoms. The monoisotopic (exact) mass is 467 g/mol. The van der Waals surface area contributed by atoms with E-state index in [1.165, 1.54) is 5.56 Å². The van der Waals surface area contributed by atoms with Gasteiger partial charge < -0.3 is 0 Å². The molecule has 4 nitrogen and oxygen atoms in total. The van der Waals surface area contributed by atoms with Crippen LogP contribution in [0.25, 0.3) is 10.2 Å². The van der Waals surface area contributed by atoms with Crippen LogP contribution < -0.4 is 4.90 Å². The Balaban J connectivity index is 1.56. The van der Waals surface area contributed by atoms with Crippen LogP contribution in [0.4, 0.5) is 5.13 Å². The largest absolute Gasteiger partial charge is 0.284 e. The first-order valence-corrected chi connectivity index (χ1v) is 12.1. The summed E-state index contributed by atoms with van der Waals surface area (Å²) in [6.45, 7) is 4.62. The van der Waals surface area contributed by atoms with Gasteiger partial charge in [-0.15, -0.1) is 11.8 Å². The molecule has 4 rings (SSSR count). The van der Waals surface area contributed by atoms with Crippen molar-refractivity contribution in [2.75, 3.05) is 10.7 Å². The summed E-state index contributed by atoms with van der Waals surface area (Å²) < 4.78 is 1.10. The SMILES string of the molecule is Cc1ccc2sc(N(Cc3cccnc3)C(=O)CCSc3ccc(Cl)cc3)nc2c1C. The number of rotatable bonds is 7. The second kappa shape index (κ2) is 9.81. The fraction of sp³-hybridized carbons (Fsp3) is 0.208. The van der Waals surface area contributed by atoms with Gasteiger partial charge in [-0.05, 0) is 66.9 Å². The zero-order valence-electron chi connectivity index (χ0n) is 17.3. The van der Waals surface area contributed by atoms with Crippen LogP contribution in [0.2, 0.25) is 5.02 Å². The topological polar surface area (TPSA) is 46.1 Å². The molecule has 0 aliphatic heterocycles. The van der Waals surface area contributed by atoms with E-state index in [4.69, 9.17) is 16.6 Å². The Kier molecular flexibility index (Phi) is 6.90. The van der Waals surface area contributed by atoms with Gasteiger partial charge in [-0.2, -0.15) is 0 Å². The minimum absolute atomic E-state index is 0.0544. The molecule has 0 saturated carbocycles. The van der Waals surface area contributed by atoms with E-state index < -0.39 is 0 Å². The Morgan fingerprint density at radius 3 is 2.68 bits per heavy atom. The molecule has 1 amide bonds. The van der Waals surface area contributed by atoms with Crippen molar-refractivity contribution < 1.29 is 4.79 Å². The molecule has 2 heterocycles. The van der Waals surface area contributed by atoms with Gasteiger partial charge in [-0.25, -0.2) is 4.98 Å². The maximum atomic E-state index is 13.3. The summed E-state index contributed by atoms with van der Waals surface area (Å²) in [5.41, 5.74) is 4.31. The maximum absolute atomic E-state index is 13.3. The second-order valence-electron chi connectivity index (χ2n) is 7.24. The summed E-state index contributed by atoms with van der Waals surface area (Å²) >= 11 is 9.17. The number of anilines is 1. The molecule has 4 aromatic rings. The number of halogens is 1. The van der Waals surface area contributed by atoms with E-state index in [0.717, 1.165) is 31.4 Å². The molecule has 2 aromatic carbocycles. The van der Waals surface area contributed by atoms with Crippen molar-refractivity contribution >= 4 is 56.0 Å². The smallest absolute Gasteiger partial charge is 0.229 e. The van der Waals surface area contributed by atoms with Crippen LogP contribution in [-0.2, 0) is 11.3 Å². The zero-order valence-corrected chi connectivity index (χ0v) is 19.7. The predicted molar refractivity (Wildman–Crippen MR) is 131 cm³/mol. The second-order valence-corrected chi connectivity index (χ2v) is 9.86. The van der Waals surface area contributed by atoms with Gasteiger partial charge in [-0.1, -0.05) is 35.1 Å². The lowest BCUT2D eigenvalue weighted by Gasteiger charge is -2.20. The van der Waals surface area contributed by atoms with Gasteiger partial charge in [0.25, 0.3) is 0 Å². The molecule has 0 bridgehead atoms. The van der Waals surface area contributed by atoms with Crippen molar-refractivity contribution in [3.8, 4) is 0 Å². The first-order chi connectivity index (χ1) is 15.0. The number of nitrogens with zero attached hydrogens (tertiary/aromatic N) is 3.